The minimum atomic E-state index is -2.51. The standard InChI is InChI=1S/C12H16F2N2O2/c1-8(18)10-3-2-9(6-11(10)15)16(4-5-17)7-12(13)14/h2-3,6,12,17H,4-5,7,15H2,1H3. The molecule has 0 bridgehead atoms. The zero-order valence-electron chi connectivity index (χ0n) is 10.1. The van der Waals surface area contributed by atoms with Gasteiger partial charge in [0.2, 0.25) is 0 Å². The first-order valence-electron chi connectivity index (χ1n) is 5.50. The van der Waals surface area contributed by atoms with Crippen LogP contribution in [0.1, 0.15) is 17.3 Å². The van der Waals surface area contributed by atoms with Gasteiger partial charge >= 0.3 is 0 Å². The normalized spacial score (nSPS) is 10.7. The number of aliphatic hydroxyl groups is 1. The van der Waals surface area contributed by atoms with Crippen LogP contribution in [0.2, 0.25) is 0 Å². The molecule has 0 saturated carbocycles. The molecule has 1 aromatic carbocycles. The lowest BCUT2D eigenvalue weighted by molar-refractivity contribution is 0.101. The summed E-state index contributed by atoms with van der Waals surface area (Å²) in [5.74, 6) is -0.179. The predicted molar refractivity (Wildman–Crippen MR) is 66.2 cm³/mol. The zero-order valence-corrected chi connectivity index (χ0v) is 10.1. The van der Waals surface area contributed by atoms with Crippen molar-refractivity contribution in [3.63, 3.8) is 0 Å². The Labute approximate surface area is 104 Å². The van der Waals surface area contributed by atoms with Crippen LogP contribution < -0.4 is 10.6 Å². The first-order valence-corrected chi connectivity index (χ1v) is 5.50. The van der Waals surface area contributed by atoms with Crippen LogP contribution in [0.25, 0.3) is 0 Å². The van der Waals surface area contributed by atoms with Gasteiger partial charge < -0.3 is 15.7 Å². The number of rotatable bonds is 6. The van der Waals surface area contributed by atoms with Crippen molar-refractivity contribution in [1.82, 2.24) is 0 Å². The molecule has 3 N–H and O–H groups in total. The number of halogens is 2. The molecule has 6 heteroatoms. The van der Waals surface area contributed by atoms with E-state index in [0.717, 1.165) is 0 Å². The Bertz CT molecular complexity index is 425. The van der Waals surface area contributed by atoms with Gasteiger partial charge in [-0.25, -0.2) is 8.78 Å². The molecule has 100 valence electrons. The van der Waals surface area contributed by atoms with Gasteiger partial charge in [0.05, 0.1) is 13.2 Å². The smallest absolute Gasteiger partial charge is 0.255 e. The van der Waals surface area contributed by atoms with Gasteiger partial charge in [-0.15, -0.1) is 0 Å². The second kappa shape index (κ2) is 6.30. The summed E-state index contributed by atoms with van der Waals surface area (Å²) >= 11 is 0. The molecule has 18 heavy (non-hydrogen) atoms. The minimum Gasteiger partial charge on any atom is -0.398 e. The van der Waals surface area contributed by atoms with Gasteiger partial charge in [0, 0.05) is 23.5 Å². The maximum Gasteiger partial charge on any atom is 0.255 e. The number of nitrogens with two attached hydrogens (primary N) is 1. The van der Waals surface area contributed by atoms with E-state index in [2.05, 4.69) is 0 Å². The quantitative estimate of drug-likeness (QED) is 0.600. The lowest BCUT2D eigenvalue weighted by Gasteiger charge is -2.24. The monoisotopic (exact) mass is 258 g/mol. The second-order valence-electron chi connectivity index (χ2n) is 3.89. The van der Waals surface area contributed by atoms with Crippen LogP contribution in [0.4, 0.5) is 20.2 Å². The molecular formula is C12H16F2N2O2. The van der Waals surface area contributed by atoms with Crippen LogP contribution >= 0.6 is 0 Å². The summed E-state index contributed by atoms with van der Waals surface area (Å²) in [5, 5.41) is 8.85. The van der Waals surface area contributed by atoms with E-state index in [0.29, 0.717) is 11.3 Å². The summed E-state index contributed by atoms with van der Waals surface area (Å²) in [5.41, 5.74) is 6.76. The highest BCUT2D eigenvalue weighted by Gasteiger charge is 2.14. The fourth-order valence-corrected chi connectivity index (χ4v) is 1.68. The lowest BCUT2D eigenvalue weighted by atomic mass is 10.1. The Morgan fingerprint density at radius 3 is 2.61 bits per heavy atom. The Morgan fingerprint density at radius 1 is 1.50 bits per heavy atom. The first kappa shape index (κ1) is 14.4. The number of carbonyl (C=O) groups excluding carboxylic acids is 1. The van der Waals surface area contributed by atoms with Crippen molar-refractivity contribution in [2.45, 2.75) is 13.3 Å². The van der Waals surface area contributed by atoms with Crippen molar-refractivity contribution < 1.29 is 18.7 Å². The number of anilines is 2. The van der Waals surface area contributed by atoms with Crippen LogP contribution in [0.5, 0.6) is 0 Å². The molecule has 0 amide bonds. The van der Waals surface area contributed by atoms with Crippen molar-refractivity contribution in [3.8, 4) is 0 Å². The number of aliphatic hydroxyl groups excluding tert-OH is 1. The topological polar surface area (TPSA) is 66.6 Å². The molecule has 0 aliphatic rings. The SMILES string of the molecule is CC(=O)c1ccc(N(CCO)CC(F)F)cc1N. The molecule has 0 saturated heterocycles. The second-order valence-corrected chi connectivity index (χ2v) is 3.89. The molecule has 0 aliphatic heterocycles. The number of Topliss-reactive ketones (excluding diaryl/α,β-unsaturated/α-hetero) is 1. The number of benzene rings is 1. The lowest BCUT2D eigenvalue weighted by Crippen LogP contribution is -2.31. The highest BCUT2D eigenvalue weighted by atomic mass is 19.3. The third-order valence-electron chi connectivity index (χ3n) is 2.51. The molecule has 0 heterocycles. The summed E-state index contributed by atoms with van der Waals surface area (Å²) in [4.78, 5) is 12.5. The van der Waals surface area contributed by atoms with E-state index >= 15 is 0 Å². The summed E-state index contributed by atoms with van der Waals surface area (Å²) in [6, 6.07) is 4.52. The molecule has 1 aromatic rings. The molecule has 0 aliphatic carbocycles. The van der Waals surface area contributed by atoms with Crippen molar-refractivity contribution >= 4 is 17.2 Å². The van der Waals surface area contributed by atoms with Gasteiger partial charge in [-0.3, -0.25) is 4.79 Å². The van der Waals surface area contributed by atoms with Gasteiger partial charge in [0.1, 0.15) is 0 Å². The fraction of sp³-hybridized carbons (Fsp3) is 0.417. The molecular weight excluding hydrogens is 242 g/mol. The number of hydrogen-bond acceptors (Lipinski definition) is 4. The van der Waals surface area contributed by atoms with Crippen LogP contribution in [-0.2, 0) is 0 Å². The fourth-order valence-electron chi connectivity index (χ4n) is 1.68. The van der Waals surface area contributed by atoms with Gasteiger partial charge in [-0.2, -0.15) is 0 Å². The molecule has 0 spiro atoms. The number of nitrogens with zero attached hydrogens (tertiary/aromatic N) is 1. The largest absolute Gasteiger partial charge is 0.398 e. The number of nitrogen functional groups attached to an aromatic ring is 1. The van der Waals surface area contributed by atoms with Crippen LogP contribution in [0.3, 0.4) is 0 Å². The number of ketones is 1. The summed E-state index contributed by atoms with van der Waals surface area (Å²) in [6.07, 6.45) is -2.51. The summed E-state index contributed by atoms with van der Waals surface area (Å²) in [7, 11) is 0. The highest BCUT2D eigenvalue weighted by molar-refractivity contribution is 5.99. The predicted octanol–water partition coefficient (Wildman–Crippen LogP) is 1.54. The molecule has 0 radical (unpaired) electrons. The third-order valence-corrected chi connectivity index (χ3v) is 2.51. The highest BCUT2D eigenvalue weighted by Crippen LogP contribution is 2.22. The maximum atomic E-state index is 12.4. The van der Waals surface area contributed by atoms with Gasteiger partial charge in [-0.05, 0) is 25.1 Å². The van der Waals surface area contributed by atoms with E-state index in [1.54, 1.807) is 6.07 Å². The van der Waals surface area contributed by atoms with Crippen LogP contribution in [-0.4, -0.2) is 37.0 Å². The van der Waals surface area contributed by atoms with E-state index in [1.165, 1.54) is 24.0 Å². The van der Waals surface area contributed by atoms with Crippen molar-refractivity contribution in [2.24, 2.45) is 0 Å². The van der Waals surface area contributed by atoms with Crippen LogP contribution in [0, 0.1) is 0 Å². The van der Waals surface area contributed by atoms with Gasteiger partial charge in [0.15, 0.2) is 5.78 Å². The van der Waals surface area contributed by atoms with Crippen molar-refractivity contribution in [3.05, 3.63) is 23.8 Å². The Kier molecular flexibility index (Phi) is 5.03. The van der Waals surface area contributed by atoms with Gasteiger partial charge in [-0.1, -0.05) is 0 Å². The average Bonchev–Trinajstić information content (AvgIpc) is 2.27. The first-order chi connectivity index (χ1) is 8.45. The zero-order chi connectivity index (χ0) is 13.7. The van der Waals surface area contributed by atoms with E-state index in [-0.39, 0.29) is 24.6 Å². The van der Waals surface area contributed by atoms with E-state index in [9.17, 15) is 13.6 Å². The number of hydrogen-bond donors (Lipinski definition) is 2. The molecule has 4 nitrogen and oxygen atoms in total. The summed E-state index contributed by atoms with van der Waals surface area (Å²) < 4.78 is 24.8. The molecule has 0 fully saturated rings. The summed E-state index contributed by atoms with van der Waals surface area (Å²) in [6.45, 7) is 0.750. The average molecular weight is 258 g/mol. The maximum absolute atomic E-state index is 12.4. The third kappa shape index (κ3) is 3.66. The van der Waals surface area contributed by atoms with E-state index in [4.69, 9.17) is 10.8 Å². The Balaban J connectivity index is 2.98. The van der Waals surface area contributed by atoms with E-state index in [1.807, 2.05) is 0 Å². The molecule has 0 aromatic heterocycles. The molecule has 0 unspecified atom stereocenters. The Morgan fingerprint density at radius 2 is 2.17 bits per heavy atom. The molecule has 0 atom stereocenters. The van der Waals surface area contributed by atoms with Crippen molar-refractivity contribution in [2.75, 3.05) is 30.3 Å². The molecule has 1 rings (SSSR count). The number of carbonyl (C=O) groups is 1. The van der Waals surface area contributed by atoms with Gasteiger partial charge in [0.25, 0.3) is 6.43 Å². The van der Waals surface area contributed by atoms with Crippen molar-refractivity contribution in [1.29, 1.82) is 0 Å². The van der Waals surface area contributed by atoms with Crippen LogP contribution in [0.15, 0.2) is 18.2 Å². The number of alkyl halides is 2. The van der Waals surface area contributed by atoms with E-state index < -0.39 is 13.0 Å². The minimum absolute atomic E-state index is 0.0865. The Hall–Kier alpha value is -1.69.